The molecule has 2 aromatic heterocycles. The second-order valence-electron chi connectivity index (χ2n) is 15.3. The normalized spacial score (nSPS) is 28.0. The van der Waals surface area contributed by atoms with Gasteiger partial charge in [-0.15, -0.1) is 0 Å². The molecule has 1 aromatic carbocycles. The highest BCUT2D eigenvalue weighted by Crippen LogP contribution is 2.42. The van der Waals surface area contributed by atoms with Crippen LogP contribution in [0, 0.1) is 17.3 Å². The van der Waals surface area contributed by atoms with Crippen LogP contribution in [0.15, 0.2) is 36.8 Å². The van der Waals surface area contributed by atoms with Gasteiger partial charge in [0.25, 0.3) is 0 Å². The van der Waals surface area contributed by atoms with E-state index in [4.69, 9.17) is 24.2 Å². The lowest BCUT2D eigenvalue weighted by molar-refractivity contribution is -0.139. The lowest BCUT2D eigenvalue weighted by Gasteiger charge is -2.37. The van der Waals surface area contributed by atoms with Gasteiger partial charge in [-0.05, 0) is 75.3 Å². The summed E-state index contributed by atoms with van der Waals surface area (Å²) < 4.78 is 18.8. The molecule has 1 saturated heterocycles. The summed E-state index contributed by atoms with van der Waals surface area (Å²) in [5, 5.41) is 2.92. The largest absolute Gasteiger partial charge is 0.487 e. The molecule has 0 spiro atoms. The van der Waals surface area contributed by atoms with Crippen LogP contribution >= 0.6 is 0 Å². The summed E-state index contributed by atoms with van der Waals surface area (Å²) in [5.74, 6) is 0.645. The molecule has 50 heavy (non-hydrogen) atoms. The Hall–Kier alpha value is -4.35. The van der Waals surface area contributed by atoms with E-state index in [-0.39, 0.29) is 30.9 Å². The summed E-state index contributed by atoms with van der Waals surface area (Å²) in [6.45, 7) is 10.2. The number of nitrogens with zero attached hydrogens (tertiary/aromatic N) is 5. The number of ether oxygens (including phenoxy) is 3. The van der Waals surface area contributed by atoms with Gasteiger partial charge in [-0.1, -0.05) is 40.5 Å². The lowest BCUT2D eigenvalue weighted by Crippen LogP contribution is -2.57. The van der Waals surface area contributed by atoms with Crippen LogP contribution < -0.4 is 14.8 Å². The molecule has 6 rings (SSSR count). The lowest BCUT2D eigenvalue weighted by atomic mass is 9.85. The van der Waals surface area contributed by atoms with Crippen molar-refractivity contribution in [2.75, 3.05) is 6.54 Å². The van der Waals surface area contributed by atoms with E-state index in [1.165, 1.54) is 0 Å². The van der Waals surface area contributed by atoms with Crippen LogP contribution in [0.25, 0.3) is 11.0 Å². The van der Waals surface area contributed by atoms with Crippen molar-refractivity contribution in [3.8, 4) is 11.6 Å². The number of fused-ring (bicyclic) bond motifs is 5. The van der Waals surface area contributed by atoms with Crippen LogP contribution in [0.1, 0.15) is 97.4 Å². The zero-order valence-corrected chi connectivity index (χ0v) is 29.9. The number of aryl methyl sites for hydroxylation is 1. The van der Waals surface area contributed by atoms with Gasteiger partial charge in [0.1, 0.15) is 42.1 Å². The molecule has 2 bridgehead atoms. The number of aromatic nitrogens is 4. The molecule has 1 saturated carbocycles. The highest BCUT2D eigenvalue weighted by molar-refractivity contribution is 5.89. The fourth-order valence-corrected chi connectivity index (χ4v) is 7.88. The quantitative estimate of drug-likeness (QED) is 0.317. The van der Waals surface area contributed by atoms with Crippen LogP contribution in [0.4, 0.5) is 4.79 Å². The van der Waals surface area contributed by atoms with E-state index in [0.717, 1.165) is 62.4 Å². The van der Waals surface area contributed by atoms with E-state index >= 15 is 0 Å². The molecule has 2 amide bonds. The van der Waals surface area contributed by atoms with Crippen molar-refractivity contribution in [2.45, 2.75) is 123 Å². The molecule has 0 unspecified atom stereocenters. The SMILES string of the molecule is CC[C@@H]1[C@@H]2CN(C(=O)[C@H](C(C)(C)C)NC(=O)O[C@]3(C)CCC[C@H]3CCCCCc3nc4ccc(OCc5cnccn5)cc4nc3O2)[C@@H]1C=O. The molecule has 3 aromatic rings. The Bertz CT molecular complexity index is 1680. The second-order valence-corrected chi connectivity index (χ2v) is 15.3. The third-order valence-corrected chi connectivity index (χ3v) is 10.7. The maximum absolute atomic E-state index is 14.3. The first kappa shape index (κ1) is 35.5. The predicted molar refractivity (Wildman–Crippen MR) is 186 cm³/mol. The number of hydrogen-bond donors (Lipinski definition) is 1. The minimum absolute atomic E-state index is 0.171. The number of benzene rings is 1. The molecule has 1 N–H and O–H groups in total. The molecule has 4 heterocycles. The molecule has 268 valence electrons. The second kappa shape index (κ2) is 14.9. The Morgan fingerprint density at radius 3 is 2.64 bits per heavy atom. The van der Waals surface area contributed by atoms with E-state index in [1.807, 2.05) is 52.8 Å². The van der Waals surface area contributed by atoms with E-state index in [0.29, 0.717) is 35.7 Å². The molecule has 0 radical (unpaired) electrons. The Morgan fingerprint density at radius 2 is 1.90 bits per heavy atom. The zero-order valence-electron chi connectivity index (χ0n) is 29.9. The Kier molecular flexibility index (Phi) is 10.5. The van der Waals surface area contributed by atoms with Gasteiger partial charge < -0.3 is 29.2 Å². The van der Waals surface area contributed by atoms with Gasteiger partial charge in [-0.25, -0.2) is 14.8 Å². The summed E-state index contributed by atoms with van der Waals surface area (Å²) in [6, 6.07) is 3.97. The van der Waals surface area contributed by atoms with Crippen LogP contribution in [-0.4, -0.2) is 73.5 Å². The van der Waals surface area contributed by atoms with Gasteiger partial charge in [-0.2, -0.15) is 0 Å². The van der Waals surface area contributed by atoms with Gasteiger partial charge >= 0.3 is 6.09 Å². The topological polar surface area (TPSA) is 146 Å². The summed E-state index contributed by atoms with van der Waals surface area (Å²) in [6.07, 6.45) is 12.5. The maximum Gasteiger partial charge on any atom is 0.408 e. The highest BCUT2D eigenvalue weighted by Gasteiger charge is 2.49. The van der Waals surface area contributed by atoms with Crippen molar-refractivity contribution in [1.29, 1.82) is 0 Å². The van der Waals surface area contributed by atoms with Crippen LogP contribution in [0.2, 0.25) is 0 Å². The Balaban J connectivity index is 1.34. The van der Waals surface area contributed by atoms with E-state index < -0.39 is 35.3 Å². The number of hydrogen-bond acceptors (Lipinski definition) is 10. The fourth-order valence-electron chi connectivity index (χ4n) is 7.88. The number of rotatable bonds is 5. The zero-order chi connectivity index (χ0) is 35.5. The average Bonchev–Trinajstić information content (AvgIpc) is 3.63. The van der Waals surface area contributed by atoms with Crippen molar-refractivity contribution in [2.24, 2.45) is 17.3 Å². The molecule has 3 aliphatic rings. The minimum atomic E-state index is -0.910. The molecule has 6 atom stereocenters. The molecular formula is C38H50N6O6. The number of carbonyl (C=O) groups is 3. The molecular weight excluding hydrogens is 636 g/mol. The smallest absolute Gasteiger partial charge is 0.408 e. The fraction of sp³-hybridized carbons (Fsp3) is 0.605. The third-order valence-electron chi connectivity index (χ3n) is 10.7. The van der Waals surface area contributed by atoms with Crippen molar-refractivity contribution in [3.63, 3.8) is 0 Å². The van der Waals surface area contributed by atoms with Crippen molar-refractivity contribution in [3.05, 3.63) is 48.2 Å². The Labute approximate surface area is 294 Å². The molecule has 2 fully saturated rings. The first-order valence-corrected chi connectivity index (χ1v) is 18.1. The molecule has 1 aliphatic carbocycles. The summed E-state index contributed by atoms with van der Waals surface area (Å²) in [4.78, 5) is 60.4. The Morgan fingerprint density at radius 1 is 1.08 bits per heavy atom. The number of nitrogens with one attached hydrogen (secondary N) is 1. The summed E-state index contributed by atoms with van der Waals surface area (Å²) >= 11 is 0. The number of aldehydes is 1. The standard InChI is InChI=1S/C38H50N6O6/c1-6-27-31(22-45)44-21-32(27)49-34-29(41-28-15-14-26(19-30(28)42-34)48-23-25-20-39-17-18-40-25)13-9-7-8-11-24-12-10-16-38(24,5)50-36(47)43-33(35(44)46)37(2,3)4/h14-15,17-20,22,24,27,31-33H,6-13,16,21,23H2,1-5H3,(H,43,47)/t24-,27+,31-,32+,33-,38-/m1/s1. The van der Waals surface area contributed by atoms with Gasteiger partial charge in [0.15, 0.2) is 0 Å². The van der Waals surface area contributed by atoms with Gasteiger partial charge in [0.05, 0.1) is 35.5 Å². The molecule has 2 aliphatic heterocycles. The first-order chi connectivity index (χ1) is 24.0. The van der Waals surface area contributed by atoms with Crippen LogP contribution in [0.5, 0.6) is 11.6 Å². The molecule has 12 heteroatoms. The average molecular weight is 687 g/mol. The van der Waals surface area contributed by atoms with Crippen LogP contribution in [-0.2, 0) is 27.4 Å². The van der Waals surface area contributed by atoms with Gasteiger partial charge in [0, 0.05) is 24.4 Å². The van der Waals surface area contributed by atoms with Gasteiger partial charge in [-0.3, -0.25) is 14.8 Å². The van der Waals surface area contributed by atoms with Crippen molar-refractivity contribution >= 4 is 29.3 Å². The number of alkyl carbamates (subject to hydrolysis) is 1. The van der Waals surface area contributed by atoms with E-state index in [9.17, 15) is 14.4 Å². The van der Waals surface area contributed by atoms with Crippen LogP contribution in [0.3, 0.4) is 0 Å². The maximum atomic E-state index is 14.3. The number of carbonyl (C=O) groups excluding carboxylic acids is 3. The van der Waals surface area contributed by atoms with E-state index in [2.05, 4.69) is 15.3 Å². The highest BCUT2D eigenvalue weighted by atomic mass is 16.6. The van der Waals surface area contributed by atoms with Crippen molar-refractivity contribution < 1.29 is 28.6 Å². The third kappa shape index (κ3) is 7.68. The van der Waals surface area contributed by atoms with Crippen molar-refractivity contribution in [1.82, 2.24) is 30.2 Å². The van der Waals surface area contributed by atoms with Gasteiger partial charge in [0.2, 0.25) is 11.8 Å². The molecule has 12 nitrogen and oxygen atoms in total. The monoisotopic (exact) mass is 686 g/mol. The summed E-state index contributed by atoms with van der Waals surface area (Å²) in [7, 11) is 0. The first-order valence-electron chi connectivity index (χ1n) is 18.1. The predicted octanol–water partition coefficient (Wildman–Crippen LogP) is 6.00. The minimum Gasteiger partial charge on any atom is -0.487 e. The number of amides is 2. The van der Waals surface area contributed by atoms with E-state index in [1.54, 1.807) is 23.5 Å². The summed E-state index contributed by atoms with van der Waals surface area (Å²) in [5.41, 5.74) is 1.56.